The molecule has 0 amide bonds. The average molecular weight is 256 g/mol. The normalized spacial score (nSPS) is 28.0. The van der Waals surface area contributed by atoms with Crippen LogP contribution in [0.25, 0.3) is 0 Å². The highest BCUT2D eigenvalue weighted by molar-refractivity contribution is 4.87. The van der Waals surface area contributed by atoms with E-state index < -0.39 is 12.2 Å². The first-order chi connectivity index (χ1) is 8.63. The lowest BCUT2D eigenvalue weighted by molar-refractivity contribution is -0.0735. The van der Waals surface area contributed by atoms with Gasteiger partial charge in [-0.15, -0.1) is 0 Å². The molecule has 0 aromatic carbocycles. The molecule has 0 heterocycles. The van der Waals surface area contributed by atoms with E-state index in [4.69, 9.17) is 0 Å². The quantitative estimate of drug-likeness (QED) is 0.652. The molecule has 3 heteroatoms. The topological polar surface area (TPSA) is 60.7 Å². The molecular formula is C15H28O3. The Morgan fingerprint density at radius 1 is 1.00 bits per heavy atom. The second-order valence-corrected chi connectivity index (χ2v) is 6.50. The minimum atomic E-state index is -0.747. The third-order valence-corrected chi connectivity index (χ3v) is 5.37. The van der Waals surface area contributed by atoms with Crippen molar-refractivity contribution in [3.63, 3.8) is 0 Å². The van der Waals surface area contributed by atoms with Gasteiger partial charge in [0.15, 0.2) is 0 Å². The summed E-state index contributed by atoms with van der Waals surface area (Å²) < 4.78 is 0. The highest BCUT2D eigenvalue weighted by Gasteiger charge is 2.36. The molecule has 0 radical (unpaired) electrons. The van der Waals surface area contributed by atoms with Gasteiger partial charge in [-0.25, -0.2) is 0 Å². The van der Waals surface area contributed by atoms with Crippen LogP contribution in [0.4, 0.5) is 0 Å². The summed E-state index contributed by atoms with van der Waals surface area (Å²) in [5.41, 5.74) is 0. The highest BCUT2D eigenvalue weighted by atomic mass is 16.3. The minimum Gasteiger partial charge on any atom is -0.396 e. The van der Waals surface area contributed by atoms with Crippen molar-refractivity contribution in [2.45, 2.75) is 64.1 Å². The zero-order chi connectivity index (χ0) is 13.1. The van der Waals surface area contributed by atoms with Crippen LogP contribution in [0.1, 0.15) is 51.9 Å². The molecular weight excluding hydrogens is 228 g/mol. The van der Waals surface area contributed by atoms with E-state index in [9.17, 15) is 15.3 Å². The lowest BCUT2D eigenvalue weighted by Gasteiger charge is -2.39. The Labute approximate surface area is 110 Å². The molecule has 0 saturated heterocycles. The summed E-state index contributed by atoms with van der Waals surface area (Å²) in [6, 6.07) is 0. The number of hydrogen-bond acceptors (Lipinski definition) is 3. The molecule has 2 aliphatic carbocycles. The molecule has 0 aliphatic heterocycles. The van der Waals surface area contributed by atoms with Crippen molar-refractivity contribution >= 4 is 0 Å². The third-order valence-electron chi connectivity index (χ3n) is 5.37. The largest absolute Gasteiger partial charge is 0.396 e. The zero-order valence-corrected chi connectivity index (χ0v) is 11.5. The summed E-state index contributed by atoms with van der Waals surface area (Å²) in [5.74, 6) is 1.52. The molecule has 4 unspecified atom stereocenters. The van der Waals surface area contributed by atoms with Crippen molar-refractivity contribution in [3.8, 4) is 0 Å². The monoisotopic (exact) mass is 256 g/mol. The molecule has 2 rings (SSSR count). The maximum absolute atomic E-state index is 10.2. The fraction of sp³-hybridized carbons (Fsp3) is 1.00. The predicted octanol–water partition coefficient (Wildman–Crippen LogP) is 1.94. The molecule has 3 N–H and O–H groups in total. The van der Waals surface area contributed by atoms with Gasteiger partial charge in [-0.05, 0) is 37.0 Å². The van der Waals surface area contributed by atoms with Gasteiger partial charge in [-0.1, -0.05) is 32.6 Å². The van der Waals surface area contributed by atoms with Crippen molar-refractivity contribution in [2.75, 3.05) is 6.61 Å². The van der Waals surface area contributed by atoms with Gasteiger partial charge in [-0.2, -0.15) is 0 Å². The lowest BCUT2D eigenvalue weighted by Crippen LogP contribution is -2.42. The minimum absolute atomic E-state index is 0.000697. The molecule has 0 spiro atoms. The van der Waals surface area contributed by atoms with E-state index in [-0.39, 0.29) is 12.5 Å². The first kappa shape index (κ1) is 14.3. The van der Waals surface area contributed by atoms with Gasteiger partial charge >= 0.3 is 0 Å². The van der Waals surface area contributed by atoms with Crippen molar-refractivity contribution in [2.24, 2.45) is 23.7 Å². The predicted molar refractivity (Wildman–Crippen MR) is 71.1 cm³/mol. The van der Waals surface area contributed by atoms with Crippen LogP contribution in [0.15, 0.2) is 0 Å². The first-order valence-electron chi connectivity index (χ1n) is 7.60. The second kappa shape index (κ2) is 6.36. The van der Waals surface area contributed by atoms with E-state index in [0.29, 0.717) is 18.3 Å². The van der Waals surface area contributed by atoms with Crippen LogP contribution >= 0.6 is 0 Å². The van der Waals surface area contributed by atoms with Crippen molar-refractivity contribution in [1.29, 1.82) is 0 Å². The van der Waals surface area contributed by atoms with Gasteiger partial charge in [-0.3, -0.25) is 0 Å². The molecule has 0 aromatic heterocycles. The summed E-state index contributed by atoms with van der Waals surface area (Å²) >= 11 is 0. The van der Waals surface area contributed by atoms with Crippen molar-refractivity contribution in [1.82, 2.24) is 0 Å². The molecule has 2 saturated carbocycles. The summed E-state index contributed by atoms with van der Waals surface area (Å²) in [7, 11) is 0. The van der Waals surface area contributed by atoms with Crippen LogP contribution in [0.5, 0.6) is 0 Å². The summed E-state index contributed by atoms with van der Waals surface area (Å²) in [6.45, 7) is 2.18. The van der Waals surface area contributed by atoms with Gasteiger partial charge in [0.1, 0.15) is 0 Å². The SMILES string of the molecule is CC(CC(O)C(O)C(CO)C1CCC1)C1CCC1. The Morgan fingerprint density at radius 3 is 1.94 bits per heavy atom. The fourth-order valence-corrected chi connectivity index (χ4v) is 3.41. The summed E-state index contributed by atoms with van der Waals surface area (Å²) in [6.07, 6.45) is 6.50. The molecule has 106 valence electrons. The van der Waals surface area contributed by atoms with Gasteiger partial charge in [0.2, 0.25) is 0 Å². The van der Waals surface area contributed by atoms with E-state index in [2.05, 4.69) is 6.92 Å². The van der Waals surface area contributed by atoms with E-state index in [1.54, 1.807) is 0 Å². The molecule has 0 aromatic rings. The molecule has 18 heavy (non-hydrogen) atoms. The fourth-order valence-electron chi connectivity index (χ4n) is 3.41. The lowest BCUT2D eigenvalue weighted by atomic mass is 9.70. The van der Waals surface area contributed by atoms with Crippen LogP contribution in [0.2, 0.25) is 0 Å². The van der Waals surface area contributed by atoms with Crippen LogP contribution in [0, 0.1) is 23.7 Å². The van der Waals surface area contributed by atoms with Gasteiger partial charge in [0.05, 0.1) is 12.2 Å². The molecule has 0 bridgehead atoms. The Hall–Kier alpha value is -0.120. The number of hydrogen-bond donors (Lipinski definition) is 3. The number of aliphatic hydroxyl groups excluding tert-OH is 3. The molecule has 4 atom stereocenters. The smallest absolute Gasteiger partial charge is 0.0851 e. The third kappa shape index (κ3) is 3.06. The van der Waals surface area contributed by atoms with Gasteiger partial charge < -0.3 is 15.3 Å². The highest BCUT2D eigenvalue weighted by Crippen LogP contribution is 2.38. The van der Waals surface area contributed by atoms with Crippen LogP contribution in [0.3, 0.4) is 0 Å². The zero-order valence-electron chi connectivity index (χ0n) is 11.5. The van der Waals surface area contributed by atoms with Crippen LogP contribution in [-0.4, -0.2) is 34.1 Å². The Bertz CT molecular complexity index is 248. The summed E-state index contributed by atoms with van der Waals surface area (Å²) in [4.78, 5) is 0. The van der Waals surface area contributed by atoms with Crippen LogP contribution in [-0.2, 0) is 0 Å². The average Bonchev–Trinajstić information content (AvgIpc) is 2.19. The van der Waals surface area contributed by atoms with E-state index in [1.807, 2.05) is 0 Å². The van der Waals surface area contributed by atoms with Gasteiger partial charge in [0, 0.05) is 12.5 Å². The van der Waals surface area contributed by atoms with Gasteiger partial charge in [0.25, 0.3) is 0 Å². The second-order valence-electron chi connectivity index (χ2n) is 6.50. The number of aliphatic hydroxyl groups is 3. The van der Waals surface area contributed by atoms with E-state index in [1.165, 1.54) is 25.7 Å². The van der Waals surface area contributed by atoms with E-state index >= 15 is 0 Å². The van der Waals surface area contributed by atoms with E-state index in [0.717, 1.165) is 18.8 Å². The Kier molecular flexibility index (Phi) is 5.05. The van der Waals surface area contributed by atoms with Crippen LogP contribution < -0.4 is 0 Å². The maximum atomic E-state index is 10.2. The Balaban J connectivity index is 1.80. The molecule has 2 fully saturated rings. The Morgan fingerprint density at radius 2 is 1.56 bits per heavy atom. The first-order valence-corrected chi connectivity index (χ1v) is 7.60. The summed E-state index contributed by atoms with van der Waals surface area (Å²) in [5, 5.41) is 29.8. The number of rotatable bonds is 7. The molecule has 2 aliphatic rings. The maximum Gasteiger partial charge on any atom is 0.0851 e. The molecule has 3 nitrogen and oxygen atoms in total. The van der Waals surface area contributed by atoms with Crippen molar-refractivity contribution in [3.05, 3.63) is 0 Å². The van der Waals surface area contributed by atoms with Crippen molar-refractivity contribution < 1.29 is 15.3 Å². The standard InChI is InChI=1S/C15H28O3/c1-10(11-4-2-5-11)8-14(17)15(18)13(9-16)12-6-3-7-12/h10-18H,2-9H2,1H3.